The van der Waals surface area contributed by atoms with Crippen LogP contribution in [0.25, 0.3) is 11.1 Å². The molecular weight excluding hydrogens is 327 g/mol. The Labute approximate surface area is 152 Å². The predicted molar refractivity (Wildman–Crippen MR) is 102 cm³/mol. The van der Waals surface area contributed by atoms with Gasteiger partial charge in [0.2, 0.25) is 5.91 Å². The molecule has 1 amide bonds. The Kier molecular flexibility index (Phi) is 5.74. The lowest BCUT2D eigenvalue weighted by Gasteiger charge is -2.08. The van der Waals surface area contributed by atoms with Crippen molar-refractivity contribution in [3.63, 3.8) is 0 Å². The normalized spacial score (nSPS) is 10.5. The van der Waals surface area contributed by atoms with Crippen molar-refractivity contribution in [2.24, 2.45) is 0 Å². The third-order valence-corrected chi connectivity index (χ3v) is 4.27. The highest BCUT2D eigenvalue weighted by molar-refractivity contribution is 5.90. The molecule has 4 heteroatoms. The average molecular weight is 348 g/mol. The molecule has 2 aromatic carbocycles. The van der Waals surface area contributed by atoms with Gasteiger partial charge in [0.15, 0.2) is 0 Å². The van der Waals surface area contributed by atoms with Crippen LogP contribution in [-0.2, 0) is 11.2 Å². The highest BCUT2D eigenvalue weighted by atomic mass is 19.1. The third kappa shape index (κ3) is 4.54. The molecule has 0 saturated carbocycles. The second-order valence-electron chi connectivity index (χ2n) is 6.28. The molecule has 0 spiro atoms. The van der Waals surface area contributed by atoms with Crippen molar-refractivity contribution in [1.29, 1.82) is 0 Å². The van der Waals surface area contributed by atoms with Gasteiger partial charge in [-0.05, 0) is 48.6 Å². The Hall–Kier alpha value is -3.01. The fourth-order valence-electron chi connectivity index (χ4n) is 2.83. The molecule has 0 fully saturated rings. The van der Waals surface area contributed by atoms with E-state index in [2.05, 4.69) is 10.3 Å². The van der Waals surface area contributed by atoms with Gasteiger partial charge in [-0.25, -0.2) is 4.39 Å². The number of halogens is 1. The van der Waals surface area contributed by atoms with Crippen LogP contribution >= 0.6 is 0 Å². The molecule has 3 aromatic rings. The first kappa shape index (κ1) is 17.8. The standard InChI is InChI=1S/C22H21FN2O/c1-16-5-2-8-20(22(16)23)18-12-10-17(11-13-18)6-3-9-21(26)25-19-7-4-14-24-15-19/h2,4-5,7-8,10-15H,3,6,9H2,1H3,(H,25,26). The summed E-state index contributed by atoms with van der Waals surface area (Å²) >= 11 is 0. The van der Waals surface area contributed by atoms with Crippen LogP contribution in [0.4, 0.5) is 10.1 Å². The molecule has 0 saturated heterocycles. The first-order valence-electron chi connectivity index (χ1n) is 8.68. The Morgan fingerprint density at radius 2 is 1.88 bits per heavy atom. The van der Waals surface area contributed by atoms with Gasteiger partial charge in [-0.2, -0.15) is 0 Å². The van der Waals surface area contributed by atoms with Crippen molar-refractivity contribution in [2.45, 2.75) is 26.2 Å². The van der Waals surface area contributed by atoms with E-state index in [9.17, 15) is 9.18 Å². The van der Waals surface area contributed by atoms with Crippen molar-refractivity contribution in [1.82, 2.24) is 4.98 Å². The highest BCUT2D eigenvalue weighted by Crippen LogP contribution is 2.25. The van der Waals surface area contributed by atoms with Crippen LogP contribution in [0.3, 0.4) is 0 Å². The summed E-state index contributed by atoms with van der Waals surface area (Å²) < 4.78 is 14.2. The van der Waals surface area contributed by atoms with E-state index >= 15 is 0 Å². The number of carbonyl (C=O) groups is 1. The number of anilines is 1. The number of aryl methyl sites for hydroxylation is 2. The molecule has 132 valence electrons. The molecule has 0 aliphatic heterocycles. The van der Waals surface area contributed by atoms with Crippen LogP contribution in [0.2, 0.25) is 0 Å². The lowest BCUT2D eigenvalue weighted by Crippen LogP contribution is -2.11. The van der Waals surface area contributed by atoms with E-state index in [1.54, 1.807) is 37.5 Å². The molecule has 1 N–H and O–H groups in total. The summed E-state index contributed by atoms with van der Waals surface area (Å²) in [7, 11) is 0. The predicted octanol–water partition coefficient (Wildman–Crippen LogP) is 5.16. The summed E-state index contributed by atoms with van der Waals surface area (Å²) in [5.41, 5.74) is 3.97. The zero-order valence-corrected chi connectivity index (χ0v) is 14.7. The second-order valence-corrected chi connectivity index (χ2v) is 6.28. The van der Waals surface area contributed by atoms with Gasteiger partial charge in [0.25, 0.3) is 0 Å². The largest absolute Gasteiger partial charge is 0.325 e. The van der Waals surface area contributed by atoms with Gasteiger partial charge in [0.05, 0.1) is 11.9 Å². The molecule has 1 heterocycles. The number of rotatable bonds is 6. The summed E-state index contributed by atoms with van der Waals surface area (Å²) in [6.45, 7) is 1.77. The van der Waals surface area contributed by atoms with Crippen LogP contribution in [0.5, 0.6) is 0 Å². The summed E-state index contributed by atoms with van der Waals surface area (Å²) in [5, 5.41) is 2.83. The Morgan fingerprint density at radius 1 is 1.08 bits per heavy atom. The fourth-order valence-corrected chi connectivity index (χ4v) is 2.83. The van der Waals surface area contributed by atoms with Gasteiger partial charge in [-0.1, -0.05) is 42.5 Å². The summed E-state index contributed by atoms with van der Waals surface area (Å²) in [5.74, 6) is -0.191. The average Bonchev–Trinajstić information content (AvgIpc) is 2.65. The number of benzene rings is 2. The fraction of sp³-hybridized carbons (Fsp3) is 0.182. The van der Waals surface area contributed by atoms with Crippen molar-refractivity contribution < 1.29 is 9.18 Å². The maximum atomic E-state index is 14.2. The topological polar surface area (TPSA) is 42.0 Å². The molecule has 0 aliphatic carbocycles. The van der Waals surface area contributed by atoms with Crippen LogP contribution in [0, 0.1) is 12.7 Å². The Bertz CT molecular complexity index is 876. The van der Waals surface area contributed by atoms with Gasteiger partial charge in [0.1, 0.15) is 5.82 Å². The van der Waals surface area contributed by atoms with Crippen molar-refractivity contribution in [3.05, 3.63) is 83.9 Å². The summed E-state index contributed by atoms with van der Waals surface area (Å²) in [4.78, 5) is 15.9. The quantitative estimate of drug-likeness (QED) is 0.669. The number of aromatic nitrogens is 1. The molecule has 0 bridgehead atoms. The van der Waals surface area contributed by atoms with E-state index in [4.69, 9.17) is 0 Å². The molecular formula is C22H21FN2O. The maximum Gasteiger partial charge on any atom is 0.224 e. The van der Waals surface area contributed by atoms with Crippen molar-refractivity contribution in [3.8, 4) is 11.1 Å². The van der Waals surface area contributed by atoms with E-state index in [0.29, 0.717) is 23.2 Å². The third-order valence-electron chi connectivity index (χ3n) is 4.27. The highest BCUT2D eigenvalue weighted by Gasteiger charge is 2.07. The molecule has 0 atom stereocenters. The lowest BCUT2D eigenvalue weighted by molar-refractivity contribution is -0.116. The number of hydrogen-bond acceptors (Lipinski definition) is 2. The van der Waals surface area contributed by atoms with E-state index < -0.39 is 0 Å². The van der Waals surface area contributed by atoms with Gasteiger partial charge < -0.3 is 5.32 Å². The van der Waals surface area contributed by atoms with Crippen LogP contribution in [-0.4, -0.2) is 10.9 Å². The van der Waals surface area contributed by atoms with Gasteiger partial charge in [0, 0.05) is 18.2 Å². The molecule has 3 nitrogen and oxygen atoms in total. The minimum atomic E-state index is -0.174. The molecule has 0 radical (unpaired) electrons. The maximum absolute atomic E-state index is 14.2. The molecule has 0 aliphatic rings. The van der Waals surface area contributed by atoms with Crippen LogP contribution in [0.15, 0.2) is 67.0 Å². The second kappa shape index (κ2) is 8.39. The first-order chi connectivity index (χ1) is 12.6. The number of pyridine rings is 1. The van der Waals surface area contributed by atoms with Crippen molar-refractivity contribution >= 4 is 11.6 Å². The molecule has 26 heavy (non-hydrogen) atoms. The van der Waals surface area contributed by atoms with Crippen molar-refractivity contribution in [2.75, 3.05) is 5.32 Å². The minimum Gasteiger partial charge on any atom is -0.325 e. The van der Waals surface area contributed by atoms with Crippen LogP contribution < -0.4 is 5.32 Å². The summed E-state index contributed by atoms with van der Waals surface area (Å²) in [6.07, 6.45) is 5.30. The number of carbonyl (C=O) groups excluding carboxylic acids is 1. The molecule has 3 rings (SSSR count). The lowest BCUT2D eigenvalue weighted by atomic mass is 10.00. The minimum absolute atomic E-state index is 0.0172. The van der Waals surface area contributed by atoms with E-state index in [0.717, 1.165) is 24.0 Å². The van der Waals surface area contributed by atoms with E-state index in [-0.39, 0.29) is 11.7 Å². The Balaban J connectivity index is 1.53. The number of hydrogen-bond donors (Lipinski definition) is 1. The monoisotopic (exact) mass is 348 g/mol. The smallest absolute Gasteiger partial charge is 0.224 e. The van der Waals surface area contributed by atoms with E-state index in [1.807, 2.05) is 36.4 Å². The SMILES string of the molecule is Cc1cccc(-c2ccc(CCCC(=O)Nc3cccnc3)cc2)c1F. The van der Waals surface area contributed by atoms with Gasteiger partial charge >= 0.3 is 0 Å². The zero-order chi connectivity index (χ0) is 18.4. The molecule has 0 unspecified atom stereocenters. The Morgan fingerprint density at radius 3 is 2.62 bits per heavy atom. The van der Waals surface area contributed by atoms with Gasteiger partial charge in [-0.15, -0.1) is 0 Å². The zero-order valence-electron chi connectivity index (χ0n) is 14.7. The van der Waals surface area contributed by atoms with E-state index in [1.165, 1.54) is 0 Å². The first-order valence-corrected chi connectivity index (χ1v) is 8.68. The number of nitrogens with one attached hydrogen (secondary N) is 1. The number of nitrogens with zero attached hydrogens (tertiary/aromatic N) is 1. The summed E-state index contributed by atoms with van der Waals surface area (Å²) in [6, 6.07) is 16.9. The number of amides is 1. The molecule has 1 aromatic heterocycles. The van der Waals surface area contributed by atoms with Crippen LogP contribution in [0.1, 0.15) is 24.0 Å². The van der Waals surface area contributed by atoms with Gasteiger partial charge in [-0.3, -0.25) is 9.78 Å².